The Morgan fingerprint density at radius 3 is 2.31 bits per heavy atom. The van der Waals surface area contributed by atoms with Gasteiger partial charge in [0, 0.05) is 25.5 Å². The number of ether oxygens (including phenoxy) is 4. The molecule has 1 aromatic heterocycles. The minimum Gasteiger partial charge on any atom is -0.497 e. The van der Waals surface area contributed by atoms with Crippen LogP contribution in [0, 0.1) is 0 Å². The normalized spacial score (nSPS) is 14.8. The number of benzene rings is 2. The first-order valence-electron chi connectivity index (χ1n) is 12.0. The second-order valence-electron chi connectivity index (χ2n) is 8.46. The summed E-state index contributed by atoms with van der Waals surface area (Å²) in [7, 11) is 1.55. The largest absolute Gasteiger partial charge is 0.497 e. The maximum atomic E-state index is 13.8. The summed E-state index contributed by atoms with van der Waals surface area (Å²) in [4.78, 5) is 54.9. The molecule has 1 unspecified atom stereocenters. The predicted molar refractivity (Wildman–Crippen MR) is 142 cm³/mol. The molecule has 3 aromatic rings. The highest BCUT2D eigenvalue weighted by atomic mass is 32.1. The van der Waals surface area contributed by atoms with Crippen LogP contribution in [0.2, 0.25) is 0 Å². The van der Waals surface area contributed by atoms with Crippen molar-refractivity contribution in [2.45, 2.75) is 33.7 Å². The van der Waals surface area contributed by atoms with E-state index in [9.17, 15) is 19.2 Å². The highest BCUT2D eigenvalue weighted by Crippen LogP contribution is 2.32. The lowest BCUT2D eigenvalue weighted by Gasteiger charge is -2.24. The molecule has 0 fully saturated rings. The molecule has 0 N–H and O–H groups in total. The molecule has 0 amide bonds. The summed E-state index contributed by atoms with van der Waals surface area (Å²) in [6.45, 7) is 6.07. The van der Waals surface area contributed by atoms with Gasteiger partial charge in [-0.05, 0) is 49.8 Å². The van der Waals surface area contributed by atoms with Crippen LogP contribution in [0.4, 0.5) is 0 Å². The molecule has 0 saturated carbocycles. The molecule has 0 spiro atoms. The van der Waals surface area contributed by atoms with Gasteiger partial charge < -0.3 is 18.9 Å². The van der Waals surface area contributed by atoms with Crippen molar-refractivity contribution in [3.8, 4) is 17.2 Å². The summed E-state index contributed by atoms with van der Waals surface area (Å²) in [6.07, 6.45) is 1.56. The zero-order valence-corrected chi connectivity index (χ0v) is 22.8. The standard InChI is InChI=1S/C28H26N2O8S/c1-6-36-27(34)24-15(2)29-28-30(25(24)18-7-10-20(35-5)11-8-18)26(33)23(39-28)13-19-9-12-21(37-16(3)31)14-22(19)38-17(4)32/h7-14,25H,6H2,1-5H3. The number of aromatic nitrogens is 1. The molecule has 4 rings (SSSR count). The Hall–Kier alpha value is -4.51. The fourth-order valence-electron chi connectivity index (χ4n) is 4.14. The SMILES string of the molecule is CCOC(=O)C1=C(C)N=c2sc(=Cc3ccc(OC(C)=O)cc3OC(C)=O)c(=O)n2C1c1ccc(OC)cc1. The van der Waals surface area contributed by atoms with Gasteiger partial charge in [0.05, 0.1) is 35.6 Å². The van der Waals surface area contributed by atoms with E-state index in [2.05, 4.69) is 4.99 Å². The van der Waals surface area contributed by atoms with Gasteiger partial charge >= 0.3 is 17.9 Å². The third-order valence-corrected chi connectivity index (χ3v) is 6.72. The highest BCUT2D eigenvalue weighted by molar-refractivity contribution is 7.07. The molecule has 0 saturated heterocycles. The molecule has 10 nitrogen and oxygen atoms in total. The average Bonchev–Trinajstić information content (AvgIpc) is 3.18. The molecule has 39 heavy (non-hydrogen) atoms. The number of methoxy groups -OCH3 is 1. The van der Waals surface area contributed by atoms with Crippen LogP contribution < -0.4 is 29.1 Å². The molecular weight excluding hydrogens is 524 g/mol. The zero-order chi connectivity index (χ0) is 28.3. The van der Waals surface area contributed by atoms with Crippen LogP contribution in [-0.4, -0.2) is 36.2 Å². The summed E-state index contributed by atoms with van der Waals surface area (Å²) < 4.78 is 22.7. The van der Waals surface area contributed by atoms with E-state index in [-0.39, 0.29) is 23.7 Å². The van der Waals surface area contributed by atoms with E-state index in [1.165, 1.54) is 30.5 Å². The molecule has 0 bridgehead atoms. The molecule has 2 aromatic carbocycles. The van der Waals surface area contributed by atoms with Gasteiger partial charge in [0.15, 0.2) is 4.80 Å². The van der Waals surface area contributed by atoms with Crippen LogP contribution in [-0.2, 0) is 19.1 Å². The molecule has 11 heteroatoms. The van der Waals surface area contributed by atoms with Gasteiger partial charge in [-0.1, -0.05) is 23.5 Å². The Morgan fingerprint density at radius 1 is 1.03 bits per heavy atom. The van der Waals surface area contributed by atoms with Crippen LogP contribution in [0.3, 0.4) is 0 Å². The topological polar surface area (TPSA) is 122 Å². The smallest absolute Gasteiger partial charge is 0.338 e. The van der Waals surface area contributed by atoms with Crippen molar-refractivity contribution in [3.05, 3.63) is 84.5 Å². The predicted octanol–water partition coefficient (Wildman–Crippen LogP) is 2.66. The highest BCUT2D eigenvalue weighted by Gasteiger charge is 2.33. The molecule has 1 atom stereocenters. The monoisotopic (exact) mass is 550 g/mol. The summed E-state index contributed by atoms with van der Waals surface area (Å²) in [5.41, 5.74) is 1.38. The Kier molecular flexibility index (Phi) is 8.10. The Bertz CT molecular complexity index is 1660. The quantitative estimate of drug-likeness (QED) is 0.325. The van der Waals surface area contributed by atoms with Gasteiger partial charge in [-0.25, -0.2) is 9.79 Å². The number of esters is 3. The molecule has 1 aliphatic rings. The van der Waals surface area contributed by atoms with E-state index in [1.807, 2.05) is 0 Å². The number of hydrogen-bond donors (Lipinski definition) is 0. The zero-order valence-electron chi connectivity index (χ0n) is 22.0. The van der Waals surface area contributed by atoms with Crippen molar-refractivity contribution in [1.29, 1.82) is 0 Å². The first-order valence-corrected chi connectivity index (χ1v) is 12.8. The van der Waals surface area contributed by atoms with Crippen molar-refractivity contribution in [2.24, 2.45) is 4.99 Å². The minimum absolute atomic E-state index is 0.113. The van der Waals surface area contributed by atoms with E-state index >= 15 is 0 Å². The second kappa shape index (κ2) is 11.5. The maximum Gasteiger partial charge on any atom is 0.338 e. The lowest BCUT2D eigenvalue weighted by Crippen LogP contribution is -2.39. The number of nitrogens with zero attached hydrogens (tertiary/aromatic N) is 2. The third kappa shape index (κ3) is 5.83. The number of hydrogen-bond acceptors (Lipinski definition) is 10. The lowest BCUT2D eigenvalue weighted by molar-refractivity contribution is -0.139. The van der Waals surface area contributed by atoms with Gasteiger partial charge in [-0.3, -0.25) is 19.0 Å². The number of carbonyl (C=O) groups is 3. The van der Waals surface area contributed by atoms with Crippen molar-refractivity contribution in [1.82, 2.24) is 4.57 Å². The van der Waals surface area contributed by atoms with Crippen LogP contribution in [0.15, 0.2) is 63.5 Å². The van der Waals surface area contributed by atoms with Crippen LogP contribution in [0.25, 0.3) is 6.08 Å². The van der Waals surface area contributed by atoms with Gasteiger partial charge in [0.2, 0.25) is 0 Å². The molecule has 1 aliphatic heterocycles. The number of thiazole rings is 1. The number of allylic oxidation sites excluding steroid dienone is 1. The minimum atomic E-state index is -0.785. The van der Waals surface area contributed by atoms with Crippen molar-refractivity contribution in [3.63, 3.8) is 0 Å². The molecular formula is C28H26N2O8S. The Balaban J connectivity index is 1.91. The number of fused-ring (bicyclic) bond motifs is 1. The van der Waals surface area contributed by atoms with Crippen molar-refractivity contribution in [2.75, 3.05) is 13.7 Å². The van der Waals surface area contributed by atoms with Crippen LogP contribution >= 0.6 is 11.3 Å². The van der Waals surface area contributed by atoms with Gasteiger partial charge in [-0.15, -0.1) is 0 Å². The Labute approximate surface area is 227 Å². The van der Waals surface area contributed by atoms with Crippen molar-refractivity contribution < 1.29 is 33.3 Å². The van der Waals surface area contributed by atoms with E-state index in [1.54, 1.807) is 57.4 Å². The Morgan fingerprint density at radius 2 is 1.69 bits per heavy atom. The average molecular weight is 551 g/mol. The fraction of sp³-hybridized carbons (Fsp3) is 0.250. The van der Waals surface area contributed by atoms with E-state index in [0.717, 1.165) is 11.3 Å². The van der Waals surface area contributed by atoms with E-state index in [4.69, 9.17) is 18.9 Å². The first kappa shape index (κ1) is 27.5. The second-order valence-corrected chi connectivity index (χ2v) is 9.47. The summed E-state index contributed by atoms with van der Waals surface area (Å²) in [5, 5.41) is 0. The van der Waals surface area contributed by atoms with Gasteiger partial charge in [0.25, 0.3) is 5.56 Å². The van der Waals surface area contributed by atoms with Gasteiger partial charge in [-0.2, -0.15) is 0 Å². The van der Waals surface area contributed by atoms with E-state index in [0.29, 0.717) is 31.9 Å². The van der Waals surface area contributed by atoms with E-state index < -0.39 is 29.5 Å². The molecule has 202 valence electrons. The lowest BCUT2D eigenvalue weighted by atomic mass is 9.96. The number of carbonyl (C=O) groups excluding carboxylic acids is 3. The van der Waals surface area contributed by atoms with Crippen LogP contribution in [0.1, 0.15) is 44.9 Å². The summed E-state index contributed by atoms with van der Waals surface area (Å²) in [6, 6.07) is 10.8. The summed E-state index contributed by atoms with van der Waals surface area (Å²) in [5.74, 6) is -0.753. The maximum absolute atomic E-state index is 13.8. The van der Waals surface area contributed by atoms with Crippen LogP contribution in [0.5, 0.6) is 17.2 Å². The fourth-order valence-corrected chi connectivity index (χ4v) is 5.18. The molecule has 2 heterocycles. The number of rotatable bonds is 7. The molecule has 0 radical (unpaired) electrons. The molecule has 0 aliphatic carbocycles. The third-order valence-electron chi connectivity index (χ3n) is 5.74. The van der Waals surface area contributed by atoms with Crippen molar-refractivity contribution >= 4 is 35.3 Å². The van der Waals surface area contributed by atoms with Gasteiger partial charge in [0.1, 0.15) is 17.2 Å². The first-order chi connectivity index (χ1) is 18.6. The summed E-state index contributed by atoms with van der Waals surface area (Å²) >= 11 is 1.13.